The molecule has 0 saturated carbocycles. The Labute approximate surface area is 87.5 Å². The van der Waals surface area contributed by atoms with Crippen LogP contribution in [0.1, 0.15) is 5.56 Å². The smallest absolute Gasteiger partial charge is 0.262 e. The van der Waals surface area contributed by atoms with Gasteiger partial charge in [-0.2, -0.15) is 0 Å². The predicted molar refractivity (Wildman–Crippen MR) is 56.2 cm³/mol. The van der Waals surface area contributed by atoms with Gasteiger partial charge < -0.3 is 5.73 Å². The second kappa shape index (κ2) is 4.37. The molecular formula is C7H13N3O2S2. The highest BCUT2D eigenvalue weighted by atomic mass is 32.2. The van der Waals surface area contributed by atoms with Crippen LogP contribution in [0.5, 0.6) is 0 Å². The lowest BCUT2D eigenvalue weighted by Gasteiger charge is -2.10. The lowest BCUT2D eigenvalue weighted by molar-refractivity contribution is 0.364. The van der Waals surface area contributed by atoms with Crippen molar-refractivity contribution in [1.29, 1.82) is 0 Å². The van der Waals surface area contributed by atoms with E-state index in [0.29, 0.717) is 6.54 Å². The maximum Gasteiger partial charge on any atom is 0.262 e. The third kappa shape index (κ3) is 2.76. The zero-order valence-electron chi connectivity index (χ0n) is 8.02. The van der Waals surface area contributed by atoms with Gasteiger partial charge in [0.05, 0.1) is 0 Å². The molecule has 1 aromatic rings. The maximum absolute atomic E-state index is 11.6. The number of nitrogens with zero attached hydrogens (tertiary/aromatic N) is 1. The highest BCUT2D eigenvalue weighted by molar-refractivity contribution is 7.91. The van der Waals surface area contributed by atoms with Gasteiger partial charge in [0.25, 0.3) is 10.0 Å². The number of rotatable bonds is 4. The third-order valence-corrected chi connectivity index (χ3v) is 4.40. The van der Waals surface area contributed by atoms with Crippen LogP contribution in [0, 0.1) is 0 Å². The van der Waals surface area contributed by atoms with Crippen molar-refractivity contribution in [1.82, 2.24) is 9.84 Å². The monoisotopic (exact) mass is 235 g/mol. The van der Waals surface area contributed by atoms with E-state index in [4.69, 9.17) is 5.73 Å². The number of sulfonamides is 1. The molecule has 0 aliphatic carbocycles. The van der Waals surface area contributed by atoms with E-state index in [9.17, 15) is 8.42 Å². The summed E-state index contributed by atoms with van der Waals surface area (Å²) in [5.74, 6) is 0. The van der Waals surface area contributed by atoms with E-state index in [-0.39, 0.29) is 4.21 Å². The summed E-state index contributed by atoms with van der Waals surface area (Å²) in [7, 11) is -0.170. The van der Waals surface area contributed by atoms with Crippen LogP contribution < -0.4 is 10.6 Å². The molecule has 3 N–H and O–H groups in total. The number of hydrazine groups is 1. The Bertz CT molecular complexity index is 397. The summed E-state index contributed by atoms with van der Waals surface area (Å²) >= 11 is 1.17. The van der Waals surface area contributed by atoms with Crippen LogP contribution >= 0.6 is 11.3 Å². The van der Waals surface area contributed by atoms with E-state index < -0.39 is 10.0 Å². The van der Waals surface area contributed by atoms with Crippen molar-refractivity contribution < 1.29 is 8.42 Å². The summed E-state index contributed by atoms with van der Waals surface area (Å²) < 4.78 is 23.5. The summed E-state index contributed by atoms with van der Waals surface area (Å²) in [6, 6.07) is 1.58. The molecule has 0 radical (unpaired) electrons. The lowest BCUT2D eigenvalue weighted by Crippen LogP contribution is -2.35. The fourth-order valence-electron chi connectivity index (χ4n) is 0.886. The fraction of sp³-hybridized carbons (Fsp3) is 0.429. The van der Waals surface area contributed by atoms with Gasteiger partial charge in [-0.3, -0.25) is 0 Å². The number of hydrogen-bond donors (Lipinski definition) is 2. The van der Waals surface area contributed by atoms with Gasteiger partial charge in [-0.25, -0.2) is 13.4 Å². The summed E-state index contributed by atoms with van der Waals surface area (Å²) in [4.78, 5) is 2.35. The molecule has 0 aliphatic rings. The van der Waals surface area contributed by atoms with Gasteiger partial charge in [0.2, 0.25) is 0 Å². The molecule has 5 nitrogen and oxygen atoms in total. The number of thiophene rings is 1. The molecule has 0 fully saturated rings. The Balaban J connectivity index is 2.93. The molecule has 80 valence electrons. The summed E-state index contributed by atoms with van der Waals surface area (Å²) in [5.41, 5.74) is 6.22. The lowest BCUT2D eigenvalue weighted by atomic mass is 10.4. The average molecular weight is 235 g/mol. The van der Waals surface area contributed by atoms with Gasteiger partial charge >= 0.3 is 0 Å². The molecule has 14 heavy (non-hydrogen) atoms. The van der Waals surface area contributed by atoms with E-state index in [1.165, 1.54) is 16.3 Å². The Morgan fingerprint density at radius 2 is 2.21 bits per heavy atom. The number of nitrogens with one attached hydrogen (secondary N) is 1. The molecule has 1 rings (SSSR count). The minimum Gasteiger partial charge on any atom is -0.326 e. The van der Waals surface area contributed by atoms with Gasteiger partial charge in [0, 0.05) is 20.6 Å². The van der Waals surface area contributed by atoms with Crippen molar-refractivity contribution in [2.24, 2.45) is 5.73 Å². The molecule has 0 aliphatic heterocycles. The maximum atomic E-state index is 11.6. The van der Waals surface area contributed by atoms with Crippen LogP contribution in [-0.2, 0) is 16.6 Å². The molecule has 0 unspecified atom stereocenters. The van der Waals surface area contributed by atoms with Crippen molar-refractivity contribution in [3.63, 3.8) is 0 Å². The minimum atomic E-state index is -3.41. The first-order valence-corrected chi connectivity index (χ1v) is 6.29. The molecule has 1 heterocycles. The van der Waals surface area contributed by atoms with Gasteiger partial charge in [0.1, 0.15) is 4.21 Å². The van der Waals surface area contributed by atoms with Crippen LogP contribution in [0.25, 0.3) is 0 Å². The Kier molecular flexibility index (Phi) is 3.62. The average Bonchev–Trinajstić information content (AvgIpc) is 2.49. The molecule has 0 spiro atoms. The summed E-state index contributed by atoms with van der Waals surface area (Å²) in [5, 5.41) is 3.13. The largest absolute Gasteiger partial charge is 0.326 e. The standard InChI is InChI=1S/C7H13N3O2S2/c1-10(2)9-14(11,12)7-3-6(4-8)5-13-7/h3,5,9H,4,8H2,1-2H3. The summed E-state index contributed by atoms with van der Waals surface area (Å²) in [6.07, 6.45) is 0. The van der Waals surface area contributed by atoms with Crippen LogP contribution in [0.2, 0.25) is 0 Å². The zero-order valence-corrected chi connectivity index (χ0v) is 9.65. The fourth-order valence-corrected chi connectivity index (χ4v) is 3.18. The molecule has 0 bridgehead atoms. The number of nitrogens with two attached hydrogens (primary N) is 1. The van der Waals surface area contributed by atoms with Gasteiger partial charge in [-0.05, 0) is 17.0 Å². The van der Waals surface area contributed by atoms with Crippen molar-refractivity contribution in [3.8, 4) is 0 Å². The molecule has 0 amide bonds. The van der Waals surface area contributed by atoms with Crippen LogP contribution in [0.4, 0.5) is 0 Å². The number of hydrogen-bond acceptors (Lipinski definition) is 5. The minimum absolute atomic E-state index is 0.284. The predicted octanol–water partition coefficient (Wildman–Crippen LogP) is -0.0383. The molecule has 0 aromatic carbocycles. The summed E-state index contributed by atoms with van der Waals surface area (Å²) in [6.45, 7) is 0.355. The Morgan fingerprint density at radius 1 is 1.57 bits per heavy atom. The second-order valence-corrected chi connectivity index (χ2v) is 5.77. The van der Waals surface area contributed by atoms with Crippen molar-refractivity contribution in [2.45, 2.75) is 10.8 Å². The van der Waals surface area contributed by atoms with Crippen LogP contribution in [-0.4, -0.2) is 27.5 Å². The first-order chi connectivity index (χ1) is 6.45. The van der Waals surface area contributed by atoms with E-state index >= 15 is 0 Å². The second-order valence-electron chi connectivity index (χ2n) is 2.97. The van der Waals surface area contributed by atoms with E-state index in [1.807, 2.05) is 0 Å². The normalized spacial score (nSPS) is 12.3. The zero-order chi connectivity index (χ0) is 10.8. The van der Waals surface area contributed by atoms with E-state index in [1.54, 1.807) is 25.5 Å². The van der Waals surface area contributed by atoms with Gasteiger partial charge in [-0.1, -0.05) is 0 Å². The molecular weight excluding hydrogens is 222 g/mol. The Morgan fingerprint density at radius 3 is 2.64 bits per heavy atom. The van der Waals surface area contributed by atoms with Crippen molar-refractivity contribution in [2.75, 3.05) is 14.1 Å². The van der Waals surface area contributed by atoms with Gasteiger partial charge in [0.15, 0.2) is 0 Å². The van der Waals surface area contributed by atoms with E-state index in [2.05, 4.69) is 4.83 Å². The molecule has 0 saturated heterocycles. The molecule has 7 heteroatoms. The third-order valence-electron chi connectivity index (χ3n) is 1.43. The van der Waals surface area contributed by atoms with Crippen molar-refractivity contribution in [3.05, 3.63) is 17.0 Å². The highest BCUT2D eigenvalue weighted by Gasteiger charge is 2.16. The quantitative estimate of drug-likeness (QED) is 0.718. The highest BCUT2D eigenvalue weighted by Crippen LogP contribution is 2.19. The first kappa shape index (κ1) is 11.6. The molecule has 0 atom stereocenters. The Hall–Kier alpha value is -0.470. The topological polar surface area (TPSA) is 75.4 Å². The SMILES string of the molecule is CN(C)NS(=O)(=O)c1cc(CN)cs1. The van der Waals surface area contributed by atoms with Gasteiger partial charge in [-0.15, -0.1) is 16.2 Å². The van der Waals surface area contributed by atoms with E-state index in [0.717, 1.165) is 5.56 Å². The van der Waals surface area contributed by atoms with Crippen LogP contribution in [0.3, 0.4) is 0 Å². The first-order valence-electron chi connectivity index (χ1n) is 3.93. The molecule has 1 aromatic heterocycles. The van der Waals surface area contributed by atoms with Crippen molar-refractivity contribution >= 4 is 21.4 Å². The van der Waals surface area contributed by atoms with Crippen LogP contribution in [0.15, 0.2) is 15.7 Å².